The molecular weight excluding hydrogens is 346 g/mol. The lowest BCUT2D eigenvalue weighted by Crippen LogP contribution is -2.46. The molecule has 0 radical (unpaired) electrons. The third-order valence-corrected chi connectivity index (χ3v) is 5.62. The van der Waals surface area contributed by atoms with E-state index in [1.165, 1.54) is 0 Å². The van der Waals surface area contributed by atoms with Crippen molar-refractivity contribution >= 4 is 5.97 Å². The molecule has 2 aromatic rings. The Morgan fingerprint density at radius 3 is 2.85 bits per heavy atom. The first-order valence-corrected chi connectivity index (χ1v) is 9.10. The quantitative estimate of drug-likeness (QED) is 0.864. The molecule has 7 heteroatoms. The van der Waals surface area contributed by atoms with E-state index in [9.17, 15) is 9.90 Å². The number of carbonyl (C=O) groups is 1. The van der Waals surface area contributed by atoms with Crippen LogP contribution >= 0.6 is 0 Å². The van der Waals surface area contributed by atoms with E-state index >= 15 is 0 Å². The summed E-state index contributed by atoms with van der Waals surface area (Å²) >= 11 is 0. The Balaban J connectivity index is 1.49. The second kappa shape index (κ2) is 7.25. The first-order valence-electron chi connectivity index (χ1n) is 9.10. The Bertz CT molecular complexity index is 826. The average Bonchev–Trinajstić information content (AvgIpc) is 3.08. The highest BCUT2D eigenvalue weighted by Crippen LogP contribution is 2.42. The maximum atomic E-state index is 11.9. The first-order chi connectivity index (χ1) is 13.1. The number of ether oxygens (including phenoxy) is 2. The lowest BCUT2D eigenvalue weighted by atomic mass is 9.76. The molecule has 1 N–H and O–H groups in total. The summed E-state index contributed by atoms with van der Waals surface area (Å²) in [5, 5.41) is 9.75. The van der Waals surface area contributed by atoms with E-state index in [1.54, 1.807) is 19.5 Å². The number of fused-ring (bicyclic) bond motifs is 1. The number of carboxylic acid groups (broad SMARTS) is 1. The highest BCUT2D eigenvalue weighted by molar-refractivity contribution is 5.76. The fraction of sp³-hybridized carbons (Fsp3) is 0.450. The maximum absolute atomic E-state index is 11.9. The van der Waals surface area contributed by atoms with Crippen LogP contribution in [0, 0.1) is 11.3 Å². The number of aromatic nitrogens is 2. The molecule has 2 aliphatic heterocycles. The predicted molar refractivity (Wildman–Crippen MR) is 98.3 cm³/mol. The Morgan fingerprint density at radius 2 is 2.15 bits per heavy atom. The molecule has 2 atom stereocenters. The standard InChI is InChI=1S/C20H23N3O4/c1-26-17-5-3-2-4-16(17)18-21-8-14(9-22-18)10-23-11-15-6-7-27-13-20(15,12-23)19(24)25/h2-5,8-9,15H,6-7,10-13H2,1H3,(H,24,25)/t15-,20+/m0/s1. The molecule has 0 bridgehead atoms. The number of hydrogen-bond donors (Lipinski definition) is 1. The van der Waals surface area contributed by atoms with Gasteiger partial charge in [0.15, 0.2) is 5.82 Å². The van der Waals surface area contributed by atoms with E-state index < -0.39 is 11.4 Å². The number of hydrogen-bond acceptors (Lipinski definition) is 6. The Hall–Kier alpha value is -2.51. The van der Waals surface area contributed by atoms with E-state index in [1.807, 2.05) is 24.3 Å². The minimum Gasteiger partial charge on any atom is -0.496 e. The topological polar surface area (TPSA) is 84.8 Å². The molecule has 3 heterocycles. The highest BCUT2D eigenvalue weighted by Gasteiger charge is 2.53. The summed E-state index contributed by atoms with van der Waals surface area (Å²) < 4.78 is 10.9. The number of rotatable bonds is 5. The van der Waals surface area contributed by atoms with Gasteiger partial charge in [0.2, 0.25) is 0 Å². The third-order valence-electron chi connectivity index (χ3n) is 5.62. The van der Waals surface area contributed by atoms with E-state index in [-0.39, 0.29) is 5.92 Å². The van der Waals surface area contributed by atoms with Crippen molar-refractivity contribution in [1.82, 2.24) is 14.9 Å². The molecule has 2 fully saturated rings. The number of likely N-dealkylation sites (tertiary alicyclic amines) is 1. The summed E-state index contributed by atoms with van der Waals surface area (Å²) in [5.41, 5.74) is 1.03. The van der Waals surface area contributed by atoms with Crippen LogP contribution in [0.15, 0.2) is 36.7 Å². The van der Waals surface area contributed by atoms with Crippen LogP contribution in [0.25, 0.3) is 11.4 Å². The van der Waals surface area contributed by atoms with Crippen molar-refractivity contribution in [1.29, 1.82) is 0 Å². The highest BCUT2D eigenvalue weighted by atomic mass is 16.5. The predicted octanol–water partition coefficient (Wildman–Crippen LogP) is 2.08. The maximum Gasteiger partial charge on any atom is 0.313 e. The third kappa shape index (κ3) is 3.28. The van der Waals surface area contributed by atoms with Gasteiger partial charge in [0.25, 0.3) is 0 Å². The number of carboxylic acids is 1. The van der Waals surface area contributed by atoms with Crippen molar-refractivity contribution in [2.45, 2.75) is 13.0 Å². The van der Waals surface area contributed by atoms with Gasteiger partial charge in [0.1, 0.15) is 11.2 Å². The van der Waals surface area contributed by atoms with Crippen molar-refractivity contribution in [3.8, 4) is 17.1 Å². The summed E-state index contributed by atoms with van der Waals surface area (Å²) in [6, 6.07) is 7.64. The molecule has 7 nitrogen and oxygen atoms in total. The van der Waals surface area contributed by atoms with Gasteiger partial charge in [-0.05, 0) is 24.5 Å². The van der Waals surface area contributed by atoms with Crippen LogP contribution in [0.5, 0.6) is 5.75 Å². The average molecular weight is 369 g/mol. The van der Waals surface area contributed by atoms with E-state index in [0.29, 0.717) is 32.1 Å². The van der Waals surface area contributed by atoms with Crippen LogP contribution in [0.3, 0.4) is 0 Å². The van der Waals surface area contributed by atoms with E-state index in [2.05, 4.69) is 14.9 Å². The summed E-state index contributed by atoms with van der Waals surface area (Å²) in [4.78, 5) is 23.0. The monoisotopic (exact) mass is 369 g/mol. The minimum absolute atomic E-state index is 0.137. The van der Waals surface area contributed by atoms with Gasteiger partial charge in [0.05, 0.1) is 19.3 Å². The molecule has 4 rings (SSSR count). The van der Waals surface area contributed by atoms with Crippen molar-refractivity contribution in [3.05, 3.63) is 42.2 Å². The number of para-hydroxylation sites is 1. The second-order valence-electron chi connectivity index (χ2n) is 7.28. The molecule has 2 saturated heterocycles. The number of methoxy groups -OCH3 is 1. The smallest absolute Gasteiger partial charge is 0.313 e. The van der Waals surface area contributed by atoms with Crippen LogP contribution in [-0.4, -0.2) is 59.4 Å². The van der Waals surface area contributed by atoms with Crippen LogP contribution < -0.4 is 4.74 Å². The fourth-order valence-corrected chi connectivity index (χ4v) is 4.18. The van der Waals surface area contributed by atoms with Gasteiger partial charge in [-0.1, -0.05) is 12.1 Å². The molecule has 2 aliphatic rings. The lowest BCUT2D eigenvalue weighted by molar-refractivity contribution is -0.159. The van der Waals surface area contributed by atoms with Gasteiger partial charge in [-0.2, -0.15) is 0 Å². The largest absolute Gasteiger partial charge is 0.496 e. The SMILES string of the molecule is COc1ccccc1-c1ncc(CN2C[C@@H]3CCOC[C@]3(C(=O)O)C2)cn1. The summed E-state index contributed by atoms with van der Waals surface area (Å²) in [6.45, 7) is 2.85. The van der Waals surface area contributed by atoms with E-state index in [4.69, 9.17) is 9.47 Å². The van der Waals surface area contributed by atoms with Crippen LogP contribution in [0.1, 0.15) is 12.0 Å². The lowest BCUT2D eigenvalue weighted by Gasteiger charge is -2.34. The van der Waals surface area contributed by atoms with Crippen molar-refractivity contribution in [2.75, 3.05) is 33.4 Å². The molecule has 27 heavy (non-hydrogen) atoms. The van der Waals surface area contributed by atoms with Gasteiger partial charge >= 0.3 is 5.97 Å². The fourth-order valence-electron chi connectivity index (χ4n) is 4.18. The minimum atomic E-state index is -0.781. The van der Waals surface area contributed by atoms with Gasteiger partial charge in [-0.25, -0.2) is 9.97 Å². The molecule has 0 saturated carbocycles. The molecular formula is C20H23N3O4. The van der Waals surface area contributed by atoms with Crippen LogP contribution in [0.2, 0.25) is 0 Å². The zero-order valence-corrected chi connectivity index (χ0v) is 15.3. The molecule has 0 aliphatic carbocycles. The van der Waals surface area contributed by atoms with Crippen LogP contribution in [-0.2, 0) is 16.1 Å². The molecule has 142 valence electrons. The number of benzene rings is 1. The van der Waals surface area contributed by atoms with Gasteiger partial charge in [-0.3, -0.25) is 9.69 Å². The Kier molecular flexibility index (Phi) is 4.80. The van der Waals surface area contributed by atoms with Crippen molar-refractivity contribution < 1.29 is 19.4 Å². The zero-order chi connectivity index (χ0) is 18.9. The summed E-state index contributed by atoms with van der Waals surface area (Å²) in [7, 11) is 1.63. The normalized spacial score (nSPS) is 25.1. The molecule has 0 amide bonds. The van der Waals surface area contributed by atoms with Gasteiger partial charge in [0, 0.05) is 44.2 Å². The van der Waals surface area contributed by atoms with Crippen molar-refractivity contribution in [2.24, 2.45) is 11.3 Å². The van der Waals surface area contributed by atoms with Crippen molar-refractivity contribution in [3.63, 3.8) is 0 Å². The second-order valence-corrected chi connectivity index (χ2v) is 7.28. The number of nitrogens with zero attached hydrogens (tertiary/aromatic N) is 3. The summed E-state index contributed by atoms with van der Waals surface area (Å²) in [5.74, 6) is 0.731. The molecule has 1 aromatic carbocycles. The zero-order valence-electron chi connectivity index (χ0n) is 15.3. The first kappa shape index (κ1) is 17.9. The molecule has 0 spiro atoms. The molecule has 0 unspecified atom stereocenters. The Labute approximate surface area is 158 Å². The van der Waals surface area contributed by atoms with Gasteiger partial charge in [-0.15, -0.1) is 0 Å². The van der Waals surface area contributed by atoms with Gasteiger partial charge < -0.3 is 14.6 Å². The molecule has 1 aromatic heterocycles. The van der Waals surface area contributed by atoms with E-state index in [0.717, 1.165) is 29.8 Å². The number of aliphatic carboxylic acids is 1. The van der Waals surface area contributed by atoms with Crippen LogP contribution in [0.4, 0.5) is 0 Å². The Morgan fingerprint density at radius 1 is 1.37 bits per heavy atom. The summed E-state index contributed by atoms with van der Waals surface area (Å²) in [6.07, 6.45) is 4.41.